The zero-order valence-electron chi connectivity index (χ0n) is 10.0. The highest BCUT2D eigenvalue weighted by Gasteiger charge is 2.17. The van der Waals surface area contributed by atoms with Gasteiger partial charge >= 0.3 is 0 Å². The van der Waals surface area contributed by atoms with Gasteiger partial charge in [0.1, 0.15) is 0 Å². The van der Waals surface area contributed by atoms with Crippen molar-refractivity contribution in [2.75, 3.05) is 18.5 Å². The molecule has 0 heterocycles. The molecule has 0 saturated heterocycles. The second-order valence-corrected chi connectivity index (χ2v) is 4.82. The van der Waals surface area contributed by atoms with Crippen molar-refractivity contribution in [3.05, 3.63) is 29.8 Å². The molecule has 0 radical (unpaired) electrons. The second-order valence-electron chi connectivity index (χ2n) is 4.82. The molecule has 1 N–H and O–H groups in total. The summed E-state index contributed by atoms with van der Waals surface area (Å²) >= 11 is 0. The van der Waals surface area contributed by atoms with Gasteiger partial charge in [-0.3, -0.25) is 0 Å². The molecule has 0 aromatic heterocycles. The van der Waals surface area contributed by atoms with Crippen molar-refractivity contribution in [1.29, 1.82) is 0 Å². The highest BCUT2D eigenvalue weighted by molar-refractivity contribution is 5.52. The number of hydrogen-bond acceptors (Lipinski definition) is 2. The predicted octanol–water partition coefficient (Wildman–Crippen LogP) is 2.81. The summed E-state index contributed by atoms with van der Waals surface area (Å²) in [4.78, 5) is 2.29. The van der Waals surface area contributed by atoms with E-state index in [2.05, 4.69) is 18.0 Å². The third kappa shape index (κ3) is 2.56. The van der Waals surface area contributed by atoms with E-state index in [4.69, 9.17) is 0 Å². The maximum absolute atomic E-state index is 9.30. The van der Waals surface area contributed by atoms with Crippen molar-refractivity contribution < 1.29 is 5.11 Å². The minimum Gasteiger partial charge on any atom is -0.392 e. The SMILES string of the molecule is CN(CC1CCCC1)c1ccccc1CO. The number of para-hydroxylation sites is 1. The normalized spacial score (nSPS) is 16.6. The molecule has 1 aliphatic rings. The zero-order valence-corrected chi connectivity index (χ0v) is 10.0. The molecular formula is C14H21NO. The number of anilines is 1. The van der Waals surface area contributed by atoms with E-state index >= 15 is 0 Å². The predicted molar refractivity (Wildman–Crippen MR) is 67.6 cm³/mol. The first-order valence-electron chi connectivity index (χ1n) is 6.21. The highest BCUT2D eigenvalue weighted by Crippen LogP contribution is 2.28. The quantitative estimate of drug-likeness (QED) is 0.841. The van der Waals surface area contributed by atoms with Crippen LogP contribution in [0.3, 0.4) is 0 Å². The van der Waals surface area contributed by atoms with Gasteiger partial charge in [-0.2, -0.15) is 0 Å². The van der Waals surface area contributed by atoms with Crippen LogP contribution in [0.25, 0.3) is 0 Å². The molecule has 1 saturated carbocycles. The van der Waals surface area contributed by atoms with E-state index in [0.29, 0.717) is 0 Å². The lowest BCUT2D eigenvalue weighted by molar-refractivity contribution is 0.282. The van der Waals surface area contributed by atoms with Gasteiger partial charge in [-0.05, 0) is 24.8 Å². The molecule has 1 aromatic carbocycles. The summed E-state index contributed by atoms with van der Waals surface area (Å²) in [6, 6.07) is 8.12. The van der Waals surface area contributed by atoms with E-state index in [1.54, 1.807) is 0 Å². The summed E-state index contributed by atoms with van der Waals surface area (Å²) < 4.78 is 0. The van der Waals surface area contributed by atoms with Crippen molar-refractivity contribution in [2.24, 2.45) is 5.92 Å². The third-order valence-corrected chi connectivity index (χ3v) is 3.58. The lowest BCUT2D eigenvalue weighted by Gasteiger charge is -2.25. The Morgan fingerprint density at radius 2 is 1.94 bits per heavy atom. The maximum atomic E-state index is 9.30. The van der Waals surface area contributed by atoms with Crippen molar-refractivity contribution in [2.45, 2.75) is 32.3 Å². The molecule has 0 spiro atoms. The summed E-state index contributed by atoms with van der Waals surface area (Å²) in [7, 11) is 2.13. The largest absolute Gasteiger partial charge is 0.392 e. The molecule has 0 unspecified atom stereocenters. The molecule has 88 valence electrons. The standard InChI is InChI=1S/C14H21NO/c1-15(10-12-6-2-3-7-12)14-9-5-4-8-13(14)11-16/h4-5,8-9,12,16H,2-3,6-7,10-11H2,1H3. The maximum Gasteiger partial charge on any atom is 0.0702 e. The fraction of sp³-hybridized carbons (Fsp3) is 0.571. The van der Waals surface area contributed by atoms with E-state index in [0.717, 1.165) is 18.0 Å². The van der Waals surface area contributed by atoms with Crippen LogP contribution in [0.4, 0.5) is 5.69 Å². The topological polar surface area (TPSA) is 23.5 Å². The van der Waals surface area contributed by atoms with Gasteiger partial charge in [0.05, 0.1) is 6.61 Å². The van der Waals surface area contributed by atoms with Crippen LogP contribution in [0.2, 0.25) is 0 Å². The molecule has 1 fully saturated rings. The van der Waals surface area contributed by atoms with Gasteiger partial charge in [-0.1, -0.05) is 31.0 Å². The van der Waals surface area contributed by atoms with E-state index in [9.17, 15) is 5.11 Å². The van der Waals surface area contributed by atoms with Gasteiger partial charge in [0.25, 0.3) is 0 Å². The summed E-state index contributed by atoms with van der Waals surface area (Å²) in [5.41, 5.74) is 2.21. The molecule has 16 heavy (non-hydrogen) atoms. The van der Waals surface area contributed by atoms with E-state index in [1.807, 2.05) is 18.2 Å². The number of aliphatic hydroxyl groups is 1. The van der Waals surface area contributed by atoms with Crippen molar-refractivity contribution in [1.82, 2.24) is 0 Å². The summed E-state index contributed by atoms with van der Waals surface area (Å²) in [5, 5.41) is 9.30. The first-order chi connectivity index (χ1) is 7.81. The van der Waals surface area contributed by atoms with E-state index < -0.39 is 0 Å². The van der Waals surface area contributed by atoms with Crippen LogP contribution in [0.1, 0.15) is 31.2 Å². The monoisotopic (exact) mass is 219 g/mol. The van der Waals surface area contributed by atoms with Gasteiger partial charge < -0.3 is 10.0 Å². The summed E-state index contributed by atoms with van der Waals surface area (Å²) in [5.74, 6) is 0.844. The van der Waals surface area contributed by atoms with Gasteiger partial charge in [-0.25, -0.2) is 0 Å². The van der Waals surface area contributed by atoms with Crippen LogP contribution in [-0.2, 0) is 6.61 Å². The molecule has 0 amide bonds. The molecular weight excluding hydrogens is 198 g/mol. The smallest absolute Gasteiger partial charge is 0.0702 e. The Kier molecular flexibility index (Phi) is 3.83. The third-order valence-electron chi connectivity index (χ3n) is 3.58. The summed E-state index contributed by atoms with van der Waals surface area (Å²) in [6.45, 7) is 1.25. The first-order valence-corrected chi connectivity index (χ1v) is 6.21. The Bertz CT molecular complexity index is 331. The average Bonchev–Trinajstić information content (AvgIpc) is 2.81. The van der Waals surface area contributed by atoms with Gasteiger partial charge in [0, 0.05) is 24.8 Å². The van der Waals surface area contributed by atoms with Crippen LogP contribution in [0, 0.1) is 5.92 Å². The van der Waals surface area contributed by atoms with Crippen molar-refractivity contribution in [3.8, 4) is 0 Å². The minimum atomic E-state index is 0.130. The molecule has 0 aliphatic heterocycles. The molecule has 1 aliphatic carbocycles. The number of nitrogens with zero attached hydrogens (tertiary/aromatic N) is 1. The van der Waals surface area contributed by atoms with Crippen LogP contribution >= 0.6 is 0 Å². The molecule has 0 bridgehead atoms. The molecule has 0 atom stereocenters. The molecule has 2 nitrogen and oxygen atoms in total. The summed E-state index contributed by atoms with van der Waals surface area (Å²) in [6.07, 6.45) is 5.51. The lowest BCUT2D eigenvalue weighted by Crippen LogP contribution is -2.24. The van der Waals surface area contributed by atoms with Crippen molar-refractivity contribution >= 4 is 5.69 Å². The van der Waals surface area contributed by atoms with Crippen molar-refractivity contribution in [3.63, 3.8) is 0 Å². The minimum absolute atomic E-state index is 0.130. The molecule has 1 aromatic rings. The van der Waals surface area contributed by atoms with Gasteiger partial charge in [0.15, 0.2) is 0 Å². The van der Waals surface area contributed by atoms with Crippen LogP contribution < -0.4 is 4.90 Å². The fourth-order valence-electron chi connectivity index (χ4n) is 2.70. The fourth-order valence-corrected chi connectivity index (χ4v) is 2.70. The first kappa shape index (κ1) is 11.5. The molecule has 2 rings (SSSR count). The number of aliphatic hydroxyl groups excluding tert-OH is 1. The van der Waals surface area contributed by atoms with Gasteiger partial charge in [0.2, 0.25) is 0 Å². The lowest BCUT2D eigenvalue weighted by atomic mass is 10.1. The molecule has 2 heteroatoms. The van der Waals surface area contributed by atoms with Crippen LogP contribution in [0.15, 0.2) is 24.3 Å². The number of rotatable bonds is 4. The van der Waals surface area contributed by atoms with Gasteiger partial charge in [-0.15, -0.1) is 0 Å². The van der Waals surface area contributed by atoms with E-state index in [1.165, 1.54) is 31.4 Å². The Balaban J connectivity index is 2.04. The second kappa shape index (κ2) is 5.35. The van der Waals surface area contributed by atoms with E-state index in [-0.39, 0.29) is 6.61 Å². The Hall–Kier alpha value is -1.02. The highest BCUT2D eigenvalue weighted by atomic mass is 16.3. The zero-order chi connectivity index (χ0) is 11.4. The number of benzene rings is 1. The van der Waals surface area contributed by atoms with Crippen LogP contribution in [0.5, 0.6) is 0 Å². The number of hydrogen-bond donors (Lipinski definition) is 1. The average molecular weight is 219 g/mol. The Labute approximate surface area is 97.9 Å². The Morgan fingerprint density at radius 1 is 1.25 bits per heavy atom. The van der Waals surface area contributed by atoms with Crippen LogP contribution in [-0.4, -0.2) is 18.7 Å². The Morgan fingerprint density at radius 3 is 2.62 bits per heavy atom.